The summed E-state index contributed by atoms with van der Waals surface area (Å²) in [5.74, 6) is -0.218. The van der Waals surface area contributed by atoms with E-state index in [1.165, 1.54) is 4.57 Å². The predicted molar refractivity (Wildman–Crippen MR) is 123 cm³/mol. The smallest absolute Gasteiger partial charge is 0.351 e. The van der Waals surface area contributed by atoms with E-state index in [4.69, 9.17) is 14.2 Å². The first-order valence-electron chi connectivity index (χ1n) is 11.9. The van der Waals surface area contributed by atoms with Gasteiger partial charge in [0.05, 0.1) is 6.61 Å². The molecule has 0 radical (unpaired) electrons. The number of aromatic nitrogens is 2. The molecule has 1 amide bonds. The van der Waals surface area contributed by atoms with Crippen molar-refractivity contribution in [3.63, 3.8) is 0 Å². The van der Waals surface area contributed by atoms with Crippen LogP contribution in [0.1, 0.15) is 65.5 Å². The maximum absolute atomic E-state index is 12.6. The highest BCUT2D eigenvalue weighted by molar-refractivity contribution is 5.76. The van der Waals surface area contributed by atoms with Crippen molar-refractivity contribution in [1.82, 2.24) is 14.9 Å². The standard InChI is InChI=1S/C23H36N4O7/c1-15(29)8-4-5-9-18(30)25-12-7-6-11-24-17-10-13-27(22(31)26-17)21-20-19(16(14-28)32-21)33-23(2,3)34-20/h10,13,16,19-21,28H,4-9,11-12,14H2,1-3H3,(H,25,30)(H,24,26,31). The average molecular weight is 481 g/mol. The number of anilines is 1. The Morgan fingerprint density at radius 2 is 1.82 bits per heavy atom. The van der Waals surface area contributed by atoms with Gasteiger partial charge in [-0.05, 0) is 52.5 Å². The number of Topliss-reactive ketones (excluding diaryl/α,β-unsaturated/α-hetero) is 1. The zero-order chi connectivity index (χ0) is 24.7. The SMILES string of the molecule is CC(=O)CCCCC(=O)NCCCCNc1ccn(C2OC(CO)C3OC(C)(C)OC32)c(=O)n1. The van der Waals surface area contributed by atoms with E-state index in [9.17, 15) is 19.5 Å². The third kappa shape index (κ3) is 7.08. The van der Waals surface area contributed by atoms with Crippen LogP contribution in [0.15, 0.2) is 17.1 Å². The molecular weight excluding hydrogens is 444 g/mol. The van der Waals surface area contributed by atoms with Gasteiger partial charge in [0.15, 0.2) is 12.0 Å². The number of carbonyl (C=O) groups excluding carboxylic acids is 2. The lowest BCUT2D eigenvalue weighted by Gasteiger charge is -2.24. The Hall–Kier alpha value is -2.34. The topological polar surface area (TPSA) is 141 Å². The van der Waals surface area contributed by atoms with Crippen LogP contribution in [0, 0.1) is 0 Å². The fourth-order valence-corrected chi connectivity index (χ4v) is 4.18. The molecule has 3 N–H and O–H groups in total. The van der Waals surface area contributed by atoms with E-state index in [0.717, 1.165) is 25.7 Å². The van der Waals surface area contributed by atoms with Crippen molar-refractivity contribution in [3.05, 3.63) is 22.7 Å². The summed E-state index contributed by atoms with van der Waals surface area (Å²) in [6.07, 6.45) is 3.31. The highest BCUT2D eigenvalue weighted by atomic mass is 16.8. The largest absolute Gasteiger partial charge is 0.394 e. The van der Waals surface area contributed by atoms with E-state index in [2.05, 4.69) is 15.6 Å². The Kier molecular flexibility index (Phi) is 9.17. The minimum absolute atomic E-state index is 0.00151. The maximum atomic E-state index is 12.6. The summed E-state index contributed by atoms with van der Waals surface area (Å²) in [6, 6.07) is 1.69. The van der Waals surface area contributed by atoms with E-state index in [-0.39, 0.29) is 18.3 Å². The lowest BCUT2D eigenvalue weighted by atomic mass is 10.1. The summed E-state index contributed by atoms with van der Waals surface area (Å²) < 4.78 is 18.9. The van der Waals surface area contributed by atoms with Crippen LogP contribution in [0.3, 0.4) is 0 Å². The number of rotatable bonds is 13. The molecule has 0 spiro atoms. The van der Waals surface area contributed by atoms with Crippen LogP contribution >= 0.6 is 0 Å². The zero-order valence-corrected chi connectivity index (χ0v) is 20.1. The third-order valence-corrected chi connectivity index (χ3v) is 5.82. The summed E-state index contributed by atoms with van der Waals surface area (Å²) in [7, 11) is 0. The maximum Gasteiger partial charge on any atom is 0.351 e. The number of unbranched alkanes of at least 4 members (excludes halogenated alkanes) is 2. The Balaban J connectivity index is 1.39. The molecule has 190 valence electrons. The fraction of sp³-hybridized carbons (Fsp3) is 0.739. The second-order valence-electron chi connectivity index (χ2n) is 9.21. The molecule has 0 aromatic carbocycles. The average Bonchev–Trinajstić information content (AvgIpc) is 3.26. The summed E-state index contributed by atoms with van der Waals surface area (Å²) in [4.78, 5) is 39.4. The molecule has 1 aromatic heterocycles. The van der Waals surface area contributed by atoms with E-state index in [1.54, 1.807) is 33.0 Å². The Bertz CT molecular complexity index is 904. The highest BCUT2D eigenvalue weighted by Gasteiger charge is 2.55. The minimum atomic E-state index is -0.821. The summed E-state index contributed by atoms with van der Waals surface area (Å²) in [6.45, 7) is 6.07. The van der Waals surface area contributed by atoms with E-state index in [0.29, 0.717) is 31.7 Å². The number of fused-ring (bicyclic) bond motifs is 1. The van der Waals surface area contributed by atoms with Crippen molar-refractivity contribution in [1.29, 1.82) is 0 Å². The number of ether oxygens (including phenoxy) is 3. The van der Waals surface area contributed by atoms with Gasteiger partial charge in [-0.1, -0.05) is 0 Å². The van der Waals surface area contributed by atoms with Gasteiger partial charge in [0.25, 0.3) is 0 Å². The number of aliphatic hydroxyl groups is 1. The van der Waals surface area contributed by atoms with E-state index in [1.807, 2.05) is 0 Å². The molecule has 0 bridgehead atoms. The van der Waals surface area contributed by atoms with E-state index < -0.39 is 36.0 Å². The quantitative estimate of drug-likeness (QED) is 0.354. The zero-order valence-electron chi connectivity index (χ0n) is 20.1. The van der Waals surface area contributed by atoms with Gasteiger partial charge in [-0.25, -0.2) is 4.79 Å². The molecule has 3 rings (SSSR count). The number of carbonyl (C=O) groups is 2. The molecular formula is C23H36N4O7. The molecule has 1 aromatic rings. The summed E-state index contributed by atoms with van der Waals surface area (Å²) in [5, 5.41) is 15.6. The fourth-order valence-electron chi connectivity index (χ4n) is 4.18. The molecule has 2 aliphatic heterocycles. The van der Waals surface area contributed by atoms with Crippen molar-refractivity contribution in [3.8, 4) is 0 Å². The van der Waals surface area contributed by atoms with Crippen LogP contribution in [0.5, 0.6) is 0 Å². The monoisotopic (exact) mass is 480 g/mol. The number of hydrogen-bond acceptors (Lipinski definition) is 9. The first-order valence-corrected chi connectivity index (χ1v) is 11.9. The molecule has 3 heterocycles. The van der Waals surface area contributed by atoms with Gasteiger partial charge in [0.1, 0.15) is 29.9 Å². The molecule has 11 heteroatoms. The molecule has 4 atom stereocenters. The Labute approximate surface area is 199 Å². The van der Waals surface area contributed by atoms with Gasteiger partial charge in [0.2, 0.25) is 5.91 Å². The van der Waals surface area contributed by atoms with Crippen molar-refractivity contribution >= 4 is 17.5 Å². The first-order chi connectivity index (χ1) is 16.2. The normalized spacial score (nSPS) is 25.2. The second-order valence-corrected chi connectivity index (χ2v) is 9.21. The lowest BCUT2D eigenvalue weighted by Crippen LogP contribution is -2.35. The van der Waals surface area contributed by atoms with Crippen molar-refractivity contribution in [2.24, 2.45) is 0 Å². The number of hydrogen-bond donors (Lipinski definition) is 3. The predicted octanol–water partition coefficient (Wildman–Crippen LogP) is 1.11. The van der Waals surface area contributed by atoms with Crippen molar-refractivity contribution < 1.29 is 28.9 Å². The van der Waals surface area contributed by atoms with E-state index >= 15 is 0 Å². The van der Waals surface area contributed by atoms with Crippen LogP contribution in [0.4, 0.5) is 5.82 Å². The highest BCUT2D eigenvalue weighted by Crippen LogP contribution is 2.42. The number of aliphatic hydroxyl groups excluding tert-OH is 1. The van der Waals surface area contributed by atoms with Crippen LogP contribution in [-0.4, -0.2) is 70.1 Å². The van der Waals surface area contributed by atoms with Gasteiger partial charge < -0.3 is 34.7 Å². The van der Waals surface area contributed by atoms with Crippen molar-refractivity contribution in [2.75, 3.05) is 25.0 Å². The molecule has 11 nitrogen and oxygen atoms in total. The second kappa shape index (κ2) is 11.9. The van der Waals surface area contributed by atoms with Gasteiger partial charge in [-0.15, -0.1) is 0 Å². The number of nitrogens with zero attached hydrogens (tertiary/aromatic N) is 2. The molecule has 2 saturated heterocycles. The molecule has 2 aliphatic rings. The molecule has 4 unspecified atom stereocenters. The van der Waals surface area contributed by atoms with Gasteiger partial charge >= 0.3 is 5.69 Å². The number of nitrogens with one attached hydrogen (secondary N) is 2. The van der Waals surface area contributed by atoms with Crippen LogP contribution < -0.4 is 16.3 Å². The Morgan fingerprint density at radius 3 is 2.53 bits per heavy atom. The minimum Gasteiger partial charge on any atom is -0.394 e. The lowest BCUT2D eigenvalue weighted by molar-refractivity contribution is -0.200. The van der Waals surface area contributed by atoms with Crippen LogP contribution in [0.25, 0.3) is 0 Å². The number of ketones is 1. The van der Waals surface area contributed by atoms with Crippen LogP contribution in [-0.2, 0) is 23.8 Å². The van der Waals surface area contributed by atoms with Crippen molar-refractivity contribution in [2.45, 2.75) is 89.6 Å². The number of amides is 1. The van der Waals surface area contributed by atoms with Gasteiger partial charge in [-0.2, -0.15) is 4.98 Å². The molecule has 0 aliphatic carbocycles. The first kappa shape index (κ1) is 26.3. The van der Waals surface area contributed by atoms with Crippen LogP contribution in [0.2, 0.25) is 0 Å². The molecule has 0 saturated carbocycles. The summed E-state index contributed by atoms with van der Waals surface area (Å²) >= 11 is 0. The Morgan fingerprint density at radius 1 is 1.12 bits per heavy atom. The molecule has 2 fully saturated rings. The molecule has 34 heavy (non-hydrogen) atoms. The van der Waals surface area contributed by atoms with Gasteiger partial charge in [-0.3, -0.25) is 9.36 Å². The van der Waals surface area contributed by atoms with Gasteiger partial charge in [0, 0.05) is 32.1 Å². The third-order valence-electron chi connectivity index (χ3n) is 5.82. The summed E-state index contributed by atoms with van der Waals surface area (Å²) in [5.41, 5.74) is -0.488.